The van der Waals surface area contributed by atoms with E-state index in [2.05, 4.69) is 61.9 Å². The first kappa shape index (κ1) is 13.9. The van der Waals surface area contributed by atoms with Crippen molar-refractivity contribution in [1.82, 2.24) is 4.90 Å². The van der Waals surface area contributed by atoms with Crippen molar-refractivity contribution < 1.29 is 0 Å². The van der Waals surface area contributed by atoms with Gasteiger partial charge in [0.15, 0.2) is 5.96 Å². The van der Waals surface area contributed by atoms with Crippen LogP contribution in [0.4, 0.5) is 0 Å². The fraction of sp³-hybridized carbons (Fsp3) is 0.562. The maximum atomic E-state index is 5.98. The van der Waals surface area contributed by atoms with Crippen molar-refractivity contribution in [2.24, 2.45) is 16.6 Å². The van der Waals surface area contributed by atoms with Gasteiger partial charge in [-0.2, -0.15) is 0 Å². The van der Waals surface area contributed by atoms with Crippen LogP contribution in [0.3, 0.4) is 0 Å². The van der Waals surface area contributed by atoms with Crippen molar-refractivity contribution in [3.63, 3.8) is 0 Å². The van der Waals surface area contributed by atoms with E-state index in [-0.39, 0.29) is 0 Å². The van der Waals surface area contributed by atoms with Crippen LogP contribution in [0.15, 0.2) is 29.3 Å². The lowest BCUT2D eigenvalue weighted by Crippen LogP contribution is -2.40. The highest BCUT2D eigenvalue weighted by atomic mass is 15.3. The Morgan fingerprint density at radius 2 is 1.84 bits per heavy atom. The summed E-state index contributed by atoms with van der Waals surface area (Å²) in [4.78, 5) is 6.59. The molecule has 0 spiro atoms. The lowest BCUT2D eigenvalue weighted by atomic mass is 9.99. The molecule has 1 aromatic carbocycles. The highest BCUT2D eigenvalue weighted by molar-refractivity contribution is 5.80. The molecule has 1 heterocycles. The Balaban J connectivity index is 2.14. The number of hydrogen-bond donors (Lipinski definition) is 1. The van der Waals surface area contributed by atoms with Gasteiger partial charge in [-0.25, -0.2) is 0 Å². The third-order valence-electron chi connectivity index (χ3n) is 3.59. The van der Waals surface area contributed by atoms with Crippen LogP contribution in [0.2, 0.25) is 0 Å². The molecule has 19 heavy (non-hydrogen) atoms. The minimum Gasteiger partial charge on any atom is -0.370 e. The Morgan fingerprint density at radius 3 is 2.37 bits per heavy atom. The number of guanidine groups is 1. The van der Waals surface area contributed by atoms with Gasteiger partial charge in [-0.15, -0.1) is 0 Å². The van der Waals surface area contributed by atoms with Crippen molar-refractivity contribution in [3.05, 3.63) is 35.4 Å². The molecule has 2 N–H and O–H groups in total. The molecular weight excluding hydrogens is 234 g/mol. The van der Waals surface area contributed by atoms with Crippen molar-refractivity contribution in [2.75, 3.05) is 6.54 Å². The molecule has 104 valence electrons. The Bertz CT molecular complexity index is 446. The third-order valence-corrected chi connectivity index (χ3v) is 3.59. The van der Waals surface area contributed by atoms with Gasteiger partial charge >= 0.3 is 0 Å². The molecule has 1 atom stereocenters. The van der Waals surface area contributed by atoms with Crippen molar-refractivity contribution >= 4 is 5.96 Å². The number of benzene rings is 1. The van der Waals surface area contributed by atoms with Gasteiger partial charge in [0.1, 0.15) is 0 Å². The molecule has 2 rings (SSSR count). The zero-order valence-electron chi connectivity index (χ0n) is 12.4. The molecular formula is C16H25N3. The Morgan fingerprint density at radius 1 is 1.21 bits per heavy atom. The fourth-order valence-corrected chi connectivity index (χ4v) is 2.75. The van der Waals surface area contributed by atoms with Gasteiger partial charge in [0.25, 0.3) is 0 Å². The molecule has 3 nitrogen and oxygen atoms in total. The number of rotatable bonds is 4. The summed E-state index contributed by atoms with van der Waals surface area (Å²) in [6.07, 6.45) is 1.14. The van der Waals surface area contributed by atoms with Crippen LogP contribution in [0.25, 0.3) is 0 Å². The molecule has 1 aliphatic heterocycles. The Hall–Kier alpha value is -1.51. The Kier molecular flexibility index (Phi) is 4.13. The van der Waals surface area contributed by atoms with Crippen LogP contribution in [0.5, 0.6) is 0 Å². The minimum atomic E-state index is 0.299. The first-order valence-corrected chi connectivity index (χ1v) is 7.16. The standard InChI is InChI=1S/C16H25N3/c1-11(2)9-13-5-7-14(8-6-13)15-10-18-16(17)19(15)12(3)4/h5-8,11-12,15H,9-10H2,1-4H3,(H2,17,18). The van der Waals surface area contributed by atoms with Gasteiger partial charge in [-0.1, -0.05) is 38.1 Å². The van der Waals surface area contributed by atoms with Gasteiger partial charge < -0.3 is 10.6 Å². The summed E-state index contributed by atoms with van der Waals surface area (Å²) in [7, 11) is 0. The number of nitrogens with zero attached hydrogens (tertiary/aromatic N) is 2. The second kappa shape index (κ2) is 5.64. The topological polar surface area (TPSA) is 41.6 Å². The smallest absolute Gasteiger partial charge is 0.192 e. The summed E-state index contributed by atoms with van der Waals surface area (Å²) in [6.45, 7) is 9.59. The molecule has 0 bridgehead atoms. The monoisotopic (exact) mass is 259 g/mol. The van der Waals surface area contributed by atoms with E-state index in [0.29, 0.717) is 24.0 Å². The summed E-state index contributed by atoms with van der Waals surface area (Å²) in [5, 5.41) is 0. The van der Waals surface area contributed by atoms with E-state index in [1.165, 1.54) is 11.1 Å². The number of aliphatic imine (C=N–C) groups is 1. The maximum absolute atomic E-state index is 5.98. The normalized spacial score (nSPS) is 19.4. The molecule has 0 fully saturated rings. The van der Waals surface area contributed by atoms with Gasteiger partial charge in [0.2, 0.25) is 0 Å². The molecule has 0 aliphatic carbocycles. The molecule has 1 aromatic rings. The van der Waals surface area contributed by atoms with E-state index in [1.54, 1.807) is 0 Å². The first-order valence-electron chi connectivity index (χ1n) is 7.16. The predicted octanol–water partition coefficient (Wildman–Crippen LogP) is 2.96. The van der Waals surface area contributed by atoms with Gasteiger partial charge in [0, 0.05) is 6.04 Å². The maximum Gasteiger partial charge on any atom is 0.192 e. The highest BCUT2D eigenvalue weighted by Crippen LogP contribution is 2.27. The first-order chi connectivity index (χ1) is 8.99. The van der Waals surface area contributed by atoms with E-state index >= 15 is 0 Å². The summed E-state index contributed by atoms with van der Waals surface area (Å²) in [5.41, 5.74) is 8.69. The average molecular weight is 259 g/mol. The largest absolute Gasteiger partial charge is 0.370 e. The average Bonchev–Trinajstić information content (AvgIpc) is 2.71. The van der Waals surface area contributed by atoms with E-state index in [9.17, 15) is 0 Å². The number of hydrogen-bond acceptors (Lipinski definition) is 3. The summed E-state index contributed by atoms with van der Waals surface area (Å²) >= 11 is 0. The summed E-state index contributed by atoms with van der Waals surface area (Å²) in [5.74, 6) is 1.37. The molecule has 0 saturated heterocycles. The van der Waals surface area contributed by atoms with Crippen LogP contribution < -0.4 is 5.73 Å². The van der Waals surface area contributed by atoms with Gasteiger partial charge in [0.05, 0.1) is 12.6 Å². The summed E-state index contributed by atoms with van der Waals surface area (Å²) in [6, 6.07) is 9.61. The quantitative estimate of drug-likeness (QED) is 0.903. The molecule has 0 amide bonds. The zero-order chi connectivity index (χ0) is 14.0. The Labute approximate surface area is 116 Å². The second-order valence-corrected chi connectivity index (χ2v) is 6.06. The fourth-order valence-electron chi connectivity index (χ4n) is 2.75. The lowest BCUT2D eigenvalue weighted by Gasteiger charge is -2.30. The molecule has 0 saturated carbocycles. The van der Waals surface area contributed by atoms with E-state index < -0.39 is 0 Å². The minimum absolute atomic E-state index is 0.299. The van der Waals surface area contributed by atoms with Crippen molar-refractivity contribution in [3.8, 4) is 0 Å². The molecule has 0 radical (unpaired) electrons. The second-order valence-electron chi connectivity index (χ2n) is 6.06. The van der Waals surface area contributed by atoms with Crippen molar-refractivity contribution in [1.29, 1.82) is 0 Å². The van der Waals surface area contributed by atoms with Crippen molar-refractivity contribution in [2.45, 2.75) is 46.2 Å². The van der Waals surface area contributed by atoms with E-state index in [1.807, 2.05) is 0 Å². The molecule has 0 aromatic heterocycles. The molecule has 3 heteroatoms. The zero-order valence-corrected chi connectivity index (χ0v) is 12.4. The van der Waals surface area contributed by atoms with Crippen LogP contribution in [0, 0.1) is 5.92 Å². The van der Waals surface area contributed by atoms with Gasteiger partial charge in [-0.05, 0) is 37.3 Å². The highest BCUT2D eigenvalue weighted by Gasteiger charge is 2.29. The number of nitrogens with two attached hydrogens (primary N) is 1. The third kappa shape index (κ3) is 3.09. The van der Waals surface area contributed by atoms with Gasteiger partial charge in [-0.3, -0.25) is 4.99 Å². The van der Waals surface area contributed by atoms with Crippen LogP contribution in [0.1, 0.15) is 44.9 Å². The molecule has 1 unspecified atom stereocenters. The van der Waals surface area contributed by atoms with Crippen LogP contribution in [-0.4, -0.2) is 23.4 Å². The lowest BCUT2D eigenvalue weighted by molar-refractivity contribution is 0.290. The van der Waals surface area contributed by atoms with E-state index in [4.69, 9.17) is 5.73 Å². The predicted molar refractivity (Wildman–Crippen MR) is 81.2 cm³/mol. The molecule has 1 aliphatic rings. The van der Waals surface area contributed by atoms with E-state index in [0.717, 1.165) is 13.0 Å². The SMILES string of the molecule is CC(C)Cc1ccc(C2CN=C(N)N2C(C)C)cc1. The van der Waals surface area contributed by atoms with Crippen LogP contribution >= 0.6 is 0 Å². The summed E-state index contributed by atoms with van der Waals surface area (Å²) < 4.78 is 0. The van der Waals surface area contributed by atoms with Crippen LogP contribution in [-0.2, 0) is 6.42 Å².